The van der Waals surface area contributed by atoms with Gasteiger partial charge in [0.05, 0.1) is 0 Å². The lowest BCUT2D eigenvalue weighted by atomic mass is 9.73. The molecule has 2 nitrogen and oxygen atoms in total. The highest BCUT2D eigenvalue weighted by Gasteiger charge is 2.40. The van der Waals surface area contributed by atoms with Gasteiger partial charge in [0.15, 0.2) is 0 Å². The number of terminal acetylenes is 1. The molecule has 2 heteroatoms. The first-order valence-electron chi connectivity index (χ1n) is 7.55. The molecule has 1 N–H and O–H groups in total. The van der Waals surface area contributed by atoms with Crippen LogP contribution in [0, 0.1) is 24.2 Å². The number of fused-ring (bicyclic) bond motifs is 2. The molecule has 1 saturated heterocycles. The van der Waals surface area contributed by atoms with Crippen molar-refractivity contribution in [3.63, 3.8) is 0 Å². The number of nitrogens with one attached hydrogen (secondary N) is 1. The van der Waals surface area contributed by atoms with Crippen molar-refractivity contribution in [2.45, 2.75) is 64.6 Å². The summed E-state index contributed by atoms with van der Waals surface area (Å²) in [6.45, 7) is 9.42. The maximum Gasteiger partial charge on any atom is 0.0238 e. The molecule has 102 valence electrons. The third kappa shape index (κ3) is 3.08. The average Bonchev–Trinajstić information content (AvgIpc) is 2.28. The van der Waals surface area contributed by atoms with Crippen LogP contribution < -0.4 is 5.32 Å². The number of hydrogen-bond acceptors (Lipinski definition) is 2. The Morgan fingerprint density at radius 3 is 2.33 bits per heavy atom. The van der Waals surface area contributed by atoms with Crippen molar-refractivity contribution < 1.29 is 0 Å². The Morgan fingerprint density at radius 1 is 1.22 bits per heavy atom. The first kappa shape index (κ1) is 13.9. The highest BCUT2D eigenvalue weighted by Crippen LogP contribution is 2.35. The van der Waals surface area contributed by atoms with Crippen molar-refractivity contribution >= 4 is 0 Å². The fourth-order valence-electron chi connectivity index (χ4n) is 3.73. The zero-order chi connectivity index (χ0) is 13.1. The van der Waals surface area contributed by atoms with Crippen molar-refractivity contribution in [2.24, 2.45) is 11.8 Å². The van der Waals surface area contributed by atoms with E-state index in [1.165, 1.54) is 32.4 Å². The fraction of sp³-hybridized carbons (Fsp3) is 0.875. The Kier molecular flexibility index (Phi) is 4.70. The molecular weight excluding hydrogens is 220 g/mol. The summed E-state index contributed by atoms with van der Waals surface area (Å²) in [6, 6.07) is 1.86. The van der Waals surface area contributed by atoms with E-state index < -0.39 is 0 Å². The van der Waals surface area contributed by atoms with Gasteiger partial charge in [-0.2, -0.15) is 0 Å². The molecule has 0 aromatic carbocycles. The van der Waals surface area contributed by atoms with Gasteiger partial charge in [-0.25, -0.2) is 0 Å². The molecule has 2 bridgehead atoms. The standard InChI is InChI=1S/C16H28N2/c1-5-7-13(4)17-16-14-8-6-9-15(16)11-18(10-14)12(2)3/h1,12-17H,6-11H2,2-4H3. The van der Waals surface area contributed by atoms with Crippen LogP contribution in [0.15, 0.2) is 0 Å². The van der Waals surface area contributed by atoms with Gasteiger partial charge in [-0.1, -0.05) is 6.42 Å². The second kappa shape index (κ2) is 6.08. The lowest BCUT2D eigenvalue weighted by Crippen LogP contribution is -2.59. The third-order valence-corrected chi connectivity index (χ3v) is 4.73. The maximum atomic E-state index is 5.41. The molecule has 2 rings (SSSR count). The fourth-order valence-corrected chi connectivity index (χ4v) is 3.73. The van der Waals surface area contributed by atoms with E-state index in [-0.39, 0.29) is 0 Å². The zero-order valence-electron chi connectivity index (χ0n) is 12.2. The quantitative estimate of drug-likeness (QED) is 0.769. The van der Waals surface area contributed by atoms with Crippen molar-refractivity contribution in [2.75, 3.05) is 13.1 Å². The minimum atomic E-state index is 0.466. The normalized spacial score (nSPS) is 34.3. The molecule has 0 amide bonds. The van der Waals surface area contributed by atoms with Gasteiger partial charge in [0.25, 0.3) is 0 Å². The summed E-state index contributed by atoms with van der Waals surface area (Å²) < 4.78 is 0. The van der Waals surface area contributed by atoms with Crippen molar-refractivity contribution in [1.82, 2.24) is 10.2 Å². The van der Waals surface area contributed by atoms with E-state index >= 15 is 0 Å². The average molecular weight is 248 g/mol. The van der Waals surface area contributed by atoms with Crippen LogP contribution in [0.25, 0.3) is 0 Å². The molecule has 18 heavy (non-hydrogen) atoms. The molecule has 0 spiro atoms. The maximum absolute atomic E-state index is 5.41. The smallest absolute Gasteiger partial charge is 0.0238 e. The van der Waals surface area contributed by atoms with Crippen molar-refractivity contribution in [3.8, 4) is 12.3 Å². The van der Waals surface area contributed by atoms with Crippen molar-refractivity contribution in [1.29, 1.82) is 0 Å². The van der Waals surface area contributed by atoms with Gasteiger partial charge < -0.3 is 10.2 Å². The number of likely N-dealkylation sites (tertiary alicyclic amines) is 1. The van der Waals surface area contributed by atoms with Crippen molar-refractivity contribution in [3.05, 3.63) is 0 Å². The summed E-state index contributed by atoms with van der Waals surface area (Å²) in [5.41, 5.74) is 0. The van der Waals surface area contributed by atoms with Gasteiger partial charge in [-0.05, 0) is 45.4 Å². The Balaban J connectivity index is 1.98. The summed E-state index contributed by atoms with van der Waals surface area (Å²) in [5.74, 6) is 4.44. The number of hydrogen-bond donors (Lipinski definition) is 1. The SMILES string of the molecule is C#CCC(C)NC1C2CCCC1CN(C(C)C)C2. The summed E-state index contributed by atoms with van der Waals surface area (Å²) in [4.78, 5) is 2.67. The highest BCUT2D eigenvalue weighted by molar-refractivity contribution is 4.98. The molecule has 0 aromatic heterocycles. The topological polar surface area (TPSA) is 15.3 Å². The third-order valence-electron chi connectivity index (χ3n) is 4.73. The summed E-state index contributed by atoms with van der Waals surface area (Å²) in [5, 5.41) is 3.81. The Morgan fingerprint density at radius 2 is 1.83 bits per heavy atom. The summed E-state index contributed by atoms with van der Waals surface area (Å²) in [6.07, 6.45) is 10.5. The van der Waals surface area contributed by atoms with Crippen LogP contribution in [-0.2, 0) is 0 Å². The van der Waals surface area contributed by atoms with Crippen LogP contribution in [0.1, 0.15) is 46.5 Å². The minimum Gasteiger partial charge on any atom is -0.310 e. The largest absolute Gasteiger partial charge is 0.310 e. The molecule has 2 aliphatic rings. The van der Waals surface area contributed by atoms with E-state index in [4.69, 9.17) is 6.42 Å². The van der Waals surface area contributed by atoms with E-state index in [2.05, 4.69) is 36.9 Å². The van der Waals surface area contributed by atoms with E-state index in [9.17, 15) is 0 Å². The van der Waals surface area contributed by atoms with Gasteiger partial charge in [0.1, 0.15) is 0 Å². The summed E-state index contributed by atoms with van der Waals surface area (Å²) in [7, 11) is 0. The second-order valence-corrected chi connectivity index (χ2v) is 6.50. The van der Waals surface area contributed by atoms with Crippen LogP contribution >= 0.6 is 0 Å². The first-order chi connectivity index (χ1) is 8.61. The van der Waals surface area contributed by atoms with Crippen LogP contribution in [0.5, 0.6) is 0 Å². The second-order valence-electron chi connectivity index (χ2n) is 6.50. The molecule has 1 aliphatic heterocycles. The number of rotatable bonds is 4. The summed E-state index contributed by atoms with van der Waals surface area (Å²) >= 11 is 0. The predicted molar refractivity (Wildman–Crippen MR) is 77.4 cm³/mol. The predicted octanol–water partition coefficient (Wildman–Crippen LogP) is 2.50. The Labute approximate surface area is 113 Å². The molecule has 2 fully saturated rings. The molecule has 0 aromatic rings. The lowest BCUT2D eigenvalue weighted by Gasteiger charge is -2.49. The van der Waals surface area contributed by atoms with E-state index in [1.807, 2.05) is 0 Å². The van der Waals surface area contributed by atoms with Crippen LogP contribution in [0.4, 0.5) is 0 Å². The molecule has 3 atom stereocenters. The lowest BCUT2D eigenvalue weighted by molar-refractivity contribution is 0.0260. The molecule has 1 heterocycles. The van der Waals surface area contributed by atoms with Gasteiger partial charge in [0.2, 0.25) is 0 Å². The molecule has 0 radical (unpaired) electrons. The van der Waals surface area contributed by atoms with E-state index in [0.29, 0.717) is 18.1 Å². The highest BCUT2D eigenvalue weighted by atomic mass is 15.2. The van der Waals surface area contributed by atoms with E-state index in [1.54, 1.807) is 0 Å². The molecular formula is C16H28N2. The number of piperidine rings is 1. The zero-order valence-corrected chi connectivity index (χ0v) is 12.2. The van der Waals surface area contributed by atoms with Gasteiger partial charge in [-0.15, -0.1) is 12.3 Å². The van der Waals surface area contributed by atoms with Crippen LogP contribution in [0.2, 0.25) is 0 Å². The minimum absolute atomic E-state index is 0.466. The van der Waals surface area contributed by atoms with Gasteiger partial charge in [0, 0.05) is 37.6 Å². The molecule has 1 saturated carbocycles. The Hall–Kier alpha value is -0.520. The van der Waals surface area contributed by atoms with Gasteiger partial charge in [-0.3, -0.25) is 0 Å². The van der Waals surface area contributed by atoms with Gasteiger partial charge >= 0.3 is 0 Å². The molecule has 3 unspecified atom stereocenters. The van der Waals surface area contributed by atoms with Crippen LogP contribution in [-0.4, -0.2) is 36.1 Å². The molecule has 1 aliphatic carbocycles. The first-order valence-corrected chi connectivity index (χ1v) is 7.55. The monoisotopic (exact) mass is 248 g/mol. The Bertz CT molecular complexity index is 291. The number of nitrogens with zero attached hydrogens (tertiary/aromatic N) is 1. The van der Waals surface area contributed by atoms with E-state index in [0.717, 1.165) is 18.3 Å². The van der Waals surface area contributed by atoms with Crippen LogP contribution in [0.3, 0.4) is 0 Å².